The fourth-order valence-corrected chi connectivity index (χ4v) is 6.61. The van der Waals surface area contributed by atoms with Crippen LogP contribution in [0, 0.1) is 17.1 Å². The fourth-order valence-electron chi connectivity index (χ4n) is 5.13. The summed E-state index contributed by atoms with van der Waals surface area (Å²) in [7, 11) is -3.72. The third-order valence-electron chi connectivity index (χ3n) is 7.06. The van der Waals surface area contributed by atoms with Crippen LogP contribution in [0.1, 0.15) is 51.4 Å². The van der Waals surface area contributed by atoms with Crippen LogP contribution in [0.4, 0.5) is 4.39 Å². The van der Waals surface area contributed by atoms with Crippen LogP contribution in [-0.2, 0) is 14.8 Å². The van der Waals surface area contributed by atoms with Crippen LogP contribution in [-0.4, -0.2) is 49.4 Å². The maximum atomic E-state index is 13.1. The molecule has 0 aromatic heterocycles. The van der Waals surface area contributed by atoms with Crippen molar-refractivity contribution in [2.75, 3.05) is 13.1 Å². The summed E-state index contributed by atoms with van der Waals surface area (Å²) >= 11 is 0. The number of hydrogen-bond donors (Lipinski definition) is 2. The zero-order chi connectivity index (χ0) is 21.4. The van der Waals surface area contributed by atoms with Crippen LogP contribution in [0.3, 0.4) is 0 Å². The summed E-state index contributed by atoms with van der Waals surface area (Å²) in [6.45, 7) is 0.854. The lowest BCUT2D eigenvalue weighted by Crippen LogP contribution is -2.63. The van der Waals surface area contributed by atoms with Crippen LogP contribution in [0.5, 0.6) is 0 Å². The summed E-state index contributed by atoms with van der Waals surface area (Å²) < 4.78 is 41.5. The Kier molecular flexibility index (Phi) is 5.60. The molecule has 0 radical (unpaired) electrons. The molecule has 1 unspecified atom stereocenters. The molecule has 5 rings (SSSR count). The lowest BCUT2D eigenvalue weighted by molar-refractivity contribution is -0.130. The minimum Gasteiger partial charge on any atom is -0.326 e. The second-order valence-corrected chi connectivity index (χ2v) is 10.5. The smallest absolute Gasteiger partial charge is 0.241 e. The van der Waals surface area contributed by atoms with Gasteiger partial charge in [0.2, 0.25) is 15.9 Å². The average molecular weight is 435 g/mol. The topological polar surface area (TPSA) is 102 Å². The summed E-state index contributed by atoms with van der Waals surface area (Å²) in [6.07, 6.45) is 6.04. The zero-order valence-electron chi connectivity index (χ0n) is 16.9. The van der Waals surface area contributed by atoms with Gasteiger partial charge < -0.3 is 10.2 Å². The van der Waals surface area contributed by atoms with Gasteiger partial charge in [-0.05, 0) is 75.6 Å². The van der Waals surface area contributed by atoms with E-state index in [-0.39, 0.29) is 28.9 Å². The molecule has 1 heterocycles. The number of nitrogens with one attached hydrogen (secondary N) is 2. The van der Waals surface area contributed by atoms with Gasteiger partial charge in [0.1, 0.15) is 11.9 Å². The number of nitriles is 1. The van der Waals surface area contributed by atoms with E-state index in [0.717, 1.165) is 44.2 Å². The van der Waals surface area contributed by atoms with Gasteiger partial charge in [0.15, 0.2) is 0 Å². The van der Waals surface area contributed by atoms with Gasteiger partial charge in [-0.2, -0.15) is 5.26 Å². The highest BCUT2D eigenvalue weighted by Crippen LogP contribution is 2.47. The number of likely N-dealkylation sites (tertiary alicyclic amines) is 1. The normalized spacial score (nSPS) is 30.9. The number of carbonyl (C=O) groups is 1. The lowest BCUT2D eigenvalue weighted by atomic mass is 9.62. The van der Waals surface area contributed by atoms with Crippen LogP contribution >= 0.6 is 0 Å². The number of amides is 1. The number of sulfonamides is 1. The molecule has 2 bridgehead atoms. The highest BCUT2D eigenvalue weighted by molar-refractivity contribution is 7.89. The van der Waals surface area contributed by atoms with E-state index < -0.39 is 21.4 Å². The molecular weight excluding hydrogens is 407 g/mol. The number of halogens is 1. The molecule has 162 valence electrons. The van der Waals surface area contributed by atoms with Crippen molar-refractivity contribution in [2.45, 2.75) is 73.4 Å². The van der Waals surface area contributed by atoms with Crippen molar-refractivity contribution in [2.24, 2.45) is 0 Å². The molecule has 2 N–H and O–H groups in total. The van der Waals surface area contributed by atoms with Crippen LogP contribution < -0.4 is 10.0 Å². The predicted octanol–water partition coefficient (Wildman–Crippen LogP) is 2.05. The number of nitrogens with zero attached hydrogens (tertiary/aromatic N) is 2. The third-order valence-corrected chi connectivity index (χ3v) is 8.65. The fraction of sp³-hybridized carbons (Fsp3) is 0.619. The standard InChI is InChI=1S/C21H27FN4O3S/c22-16-3-5-18(6-4-16)30(28,29)25-21-10-7-20(8-11-21,9-12-21)24-15-19(27)26-13-1-2-17(26)14-23/h3-6,17,24-25H,1-2,7-13,15H2. The molecule has 7 nitrogen and oxygen atoms in total. The number of fused-ring (bicyclic) bond motifs is 3. The predicted molar refractivity (Wildman–Crippen MR) is 108 cm³/mol. The van der Waals surface area contributed by atoms with Gasteiger partial charge in [0, 0.05) is 17.6 Å². The second-order valence-electron chi connectivity index (χ2n) is 8.85. The average Bonchev–Trinajstić information content (AvgIpc) is 3.22. The first-order chi connectivity index (χ1) is 14.3. The van der Waals surface area contributed by atoms with Crippen molar-refractivity contribution in [3.8, 4) is 6.07 Å². The Morgan fingerprint density at radius 1 is 1.13 bits per heavy atom. The first-order valence-electron chi connectivity index (χ1n) is 10.5. The first kappa shape index (κ1) is 21.2. The third kappa shape index (κ3) is 4.09. The molecular formula is C21H27FN4O3S. The Morgan fingerprint density at radius 2 is 1.73 bits per heavy atom. The summed E-state index contributed by atoms with van der Waals surface area (Å²) in [5.74, 6) is -0.504. The van der Waals surface area contributed by atoms with Gasteiger partial charge in [-0.15, -0.1) is 0 Å². The van der Waals surface area contributed by atoms with Crippen molar-refractivity contribution in [1.82, 2.24) is 14.9 Å². The number of hydrogen-bond acceptors (Lipinski definition) is 5. The summed E-state index contributed by atoms with van der Waals surface area (Å²) in [5.41, 5.74) is -0.637. The molecule has 30 heavy (non-hydrogen) atoms. The summed E-state index contributed by atoms with van der Waals surface area (Å²) in [6, 6.07) is 6.75. The molecule has 1 aromatic carbocycles. The highest BCUT2D eigenvalue weighted by Gasteiger charge is 2.50. The molecule has 1 aliphatic heterocycles. The van der Waals surface area contributed by atoms with Crippen molar-refractivity contribution in [3.05, 3.63) is 30.1 Å². The van der Waals surface area contributed by atoms with E-state index in [1.165, 1.54) is 12.1 Å². The maximum Gasteiger partial charge on any atom is 0.241 e. The molecule has 1 aromatic rings. The molecule has 1 saturated heterocycles. The number of benzene rings is 1. The van der Waals surface area contributed by atoms with E-state index in [1.807, 2.05) is 0 Å². The number of rotatable bonds is 6. The van der Waals surface area contributed by atoms with Gasteiger partial charge in [-0.3, -0.25) is 4.79 Å². The molecule has 9 heteroatoms. The van der Waals surface area contributed by atoms with Gasteiger partial charge in [-0.25, -0.2) is 17.5 Å². The molecule has 4 aliphatic rings. The van der Waals surface area contributed by atoms with Gasteiger partial charge in [-0.1, -0.05) is 0 Å². The molecule has 0 spiro atoms. The van der Waals surface area contributed by atoms with Crippen LogP contribution in [0.25, 0.3) is 0 Å². The lowest BCUT2D eigenvalue weighted by Gasteiger charge is -2.53. The molecule has 1 amide bonds. The van der Waals surface area contributed by atoms with Crippen molar-refractivity contribution in [1.29, 1.82) is 5.26 Å². The molecule has 1 atom stereocenters. The Balaban J connectivity index is 1.35. The molecule has 4 fully saturated rings. The van der Waals surface area contributed by atoms with Gasteiger partial charge in [0.05, 0.1) is 17.5 Å². The maximum absolute atomic E-state index is 13.1. The van der Waals surface area contributed by atoms with E-state index in [1.54, 1.807) is 4.90 Å². The minimum atomic E-state index is -3.72. The summed E-state index contributed by atoms with van der Waals surface area (Å²) in [5, 5.41) is 12.6. The Morgan fingerprint density at radius 3 is 2.33 bits per heavy atom. The van der Waals surface area contributed by atoms with Crippen LogP contribution in [0.15, 0.2) is 29.2 Å². The largest absolute Gasteiger partial charge is 0.326 e. The zero-order valence-corrected chi connectivity index (χ0v) is 17.7. The Bertz CT molecular complexity index is 933. The monoisotopic (exact) mass is 434 g/mol. The number of carbonyl (C=O) groups excluding carboxylic acids is 1. The van der Waals surface area contributed by atoms with E-state index in [9.17, 15) is 22.9 Å². The van der Waals surface area contributed by atoms with Gasteiger partial charge in [0.25, 0.3) is 0 Å². The van der Waals surface area contributed by atoms with Gasteiger partial charge >= 0.3 is 0 Å². The Labute approximate surface area is 176 Å². The summed E-state index contributed by atoms with van der Waals surface area (Å²) in [4.78, 5) is 14.3. The highest BCUT2D eigenvalue weighted by atomic mass is 32.2. The van der Waals surface area contributed by atoms with E-state index in [4.69, 9.17) is 0 Å². The van der Waals surface area contributed by atoms with Crippen molar-refractivity contribution < 1.29 is 17.6 Å². The van der Waals surface area contributed by atoms with Crippen LogP contribution in [0.2, 0.25) is 0 Å². The molecule has 3 saturated carbocycles. The van der Waals surface area contributed by atoms with E-state index >= 15 is 0 Å². The van der Waals surface area contributed by atoms with E-state index in [2.05, 4.69) is 16.1 Å². The SMILES string of the molecule is N#CC1CCCN1C(=O)CNC12CCC(NS(=O)(=O)c3ccc(F)cc3)(CC1)CC2. The first-order valence-corrected chi connectivity index (χ1v) is 12.0. The van der Waals surface area contributed by atoms with Crippen molar-refractivity contribution >= 4 is 15.9 Å². The van der Waals surface area contributed by atoms with Crippen molar-refractivity contribution in [3.63, 3.8) is 0 Å². The second kappa shape index (κ2) is 7.91. The Hall–Kier alpha value is -2.02. The quantitative estimate of drug-likeness (QED) is 0.714. The molecule has 3 aliphatic carbocycles. The minimum absolute atomic E-state index is 0.0344. The van der Waals surface area contributed by atoms with E-state index in [0.29, 0.717) is 25.8 Å².